The van der Waals surface area contributed by atoms with Gasteiger partial charge < -0.3 is 29.3 Å². The van der Waals surface area contributed by atoms with Crippen molar-refractivity contribution in [3.8, 4) is 17.2 Å². The van der Waals surface area contributed by atoms with E-state index in [-0.39, 0.29) is 24.3 Å². The molecule has 2 unspecified atom stereocenters. The lowest BCUT2D eigenvalue weighted by molar-refractivity contribution is -0.126. The molecule has 8 heteroatoms. The summed E-state index contributed by atoms with van der Waals surface area (Å²) < 4.78 is 16.0. The van der Waals surface area contributed by atoms with E-state index in [4.69, 9.17) is 14.2 Å². The van der Waals surface area contributed by atoms with Gasteiger partial charge in [-0.1, -0.05) is 12.1 Å². The summed E-state index contributed by atoms with van der Waals surface area (Å²) in [5.41, 5.74) is 1.65. The van der Waals surface area contributed by atoms with Gasteiger partial charge in [0.1, 0.15) is 17.2 Å². The lowest BCUT2D eigenvalue weighted by Crippen LogP contribution is -2.38. The van der Waals surface area contributed by atoms with Crippen LogP contribution >= 0.6 is 0 Å². The molecule has 1 N–H and O–H groups in total. The Bertz CT molecular complexity index is 962. The van der Waals surface area contributed by atoms with Crippen LogP contribution < -0.4 is 24.4 Å². The molecule has 0 aliphatic carbocycles. The second-order valence-electron chi connectivity index (χ2n) is 7.94. The summed E-state index contributed by atoms with van der Waals surface area (Å²) in [6, 6.07) is 13.0. The molecule has 0 aromatic heterocycles. The highest BCUT2D eigenvalue weighted by Gasteiger charge is 2.36. The summed E-state index contributed by atoms with van der Waals surface area (Å²) in [6.07, 6.45) is 0.151. The lowest BCUT2D eigenvalue weighted by atomic mass is 10.0. The van der Waals surface area contributed by atoms with Crippen molar-refractivity contribution in [3.05, 3.63) is 48.0 Å². The molecule has 1 heterocycles. The predicted molar refractivity (Wildman–Crippen MR) is 122 cm³/mol. The third-order valence-electron chi connectivity index (χ3n) is 5.74. The van der Waals surface area contributed by atoms with Crippen molar-refractivity contribution in [2.45, 2.75) is 12.5 Å². The molecule has 1 saturated heterocycles. The molecule has 1 aliphatic rings. The summed E-state index contributed by atoms with van der Waals surface area (Å²) in [7, 11) is 8.68. The molecule has 32 heavy (non-hydrogen) atoms. The monoisotopic (exact) mass is 441 g/mol. The van der Waals surface area contributed by atoms with E-state index >= 15 is 0 Å². The van der Waals surface area contributed by atoms with Gasteiger partial charge >= 0.3 is 0 Å². The Balaban J connectivity index is 1.69. The van der Waals surface area contributed by atoms with E-state index in [1.165, 1.54) is 0 Å². The smallest absolute Gasteiger partial charge is 0.227 e. The Labute approximate surface area is 189 Å². The van der Waals surface area contributed by atoms with Gasteiger partial charge in [0.25, 0.3) is 0 Å². The summed E-state index contributed by atoms with van der Waals surface area (Å²) in [5, 5.41) is 3.03. The zero-order valence-corrected chi connectivity index (χ0v) is 19.3. The lowest BCUT2D eigenvalue weighted by Gasteiger charge is -2.26. The molecule has 1 aliphatic heterocycles. The predicted octanol–water partition coefficient (Wildman–Crippen LogP) is 2.48. The van der Waals surface area contributed by atoms with E-state index in [1.807, 2.05) is 43.3 Å². The first-order valence-electron chi connectivity index (χ1n) is 10.5. The molecule has 0 radical (unpaired) electrons. The molecule has 0 saturated carbocycles. The highest BCUT2D eigenvalue weighted by atomic mass is 16.5. The zero-order valence-electron chi connectivity index (χ0n) is 19.3. The maximum Gasteiger partial charge on any atom is 0.227 e. The molecule has 3 rings (SSSR count). The molecular weight excluding hydrogens is 410 g/mol. The minimum absolute atomic E-state index is 0.0271. The Morgan fingerprint density at radius 1 is 1.09 bits per heavy atom. The normalized spacial score (nSPS) is 16.8. The molecule has 172 valence electrons. The van der Waals surface area contributed by atoms with E-state index in [2.05, 4.69) is 5.32 Å². The standard InChI is InChI=1S/C24H31N3O5/c1-26(2)21(16-7-6-8-18(11-16)30-3)14-25-24(29)17-12-23(28)27(15-17)20-13-19(31-4)9-10-22(20)32-5/h6-11,13,17,21H,12,14-15H2,1-5H3,(H,25,29). The van der Waals surface area contributed by atoms with Gasteiger partial charge in [0.05, 0.1) is 39.0 Å². The van der Waals surface area contributed by atoms with E-state index in [0.717, 1.165) is 11.3 Å². The van der Waals surface area contributed by atoms with Crippen LogP contribution in [0.3, 0.4) is 0 Å². The highest BCUT2D eigenvalue weighted by Crippen LogP contribution is 2.36. The van der Waals surface area contributed by atoms with Crippen LogP contribution in [0.25, 0.3) is 0 Å². The molecule has 2 amide bonds. The van der Waals surface area contributed by atoms with Crippen molar-refractivity contribution in [3.63, 3.8) is 0 Å². The van der Waals surface area contributed by atoms with Crippen molar-refractivity contribution in [2.75, 3.05) is 53.4 Å². The van der Waals surface area contributed by atoms with Crippen LogP contribution in [0.5, 0.6) is 17.2 Å². The van der Waals surface area contributed by atoms with Crippen LogP contribution in [0.2, 0.25) is 0 Å². The summed E-state index contributed by atoms with van der Waals surface area (Å²) in [5.74, 6) is 1.25. The van der Waals surface area contributed by atoms with Gasteiger partial charge in [-0.3, -0.25) is 9.59 Å². The van der Waals surface area contributed by atoms with E-state index < -0.39 is 5.92 Å². The third kappa shape index (κ3) is 5.13. The van der Waals surface area contributed by atoms with Crippen molar-refractivity contribution in [1.29, 1.82) is 0 Å². The summed E-state index contributed by atoms with van der Waals surface area (Å²) >= 11 is 0. The number of carbonyl (C=O) groups is 2. The SMILES string of the molecule is COc1cccc(C(CNC(=O)C2CC(=O)N(c3cc(OC)ccc3OC)C2)N(C)C)c1. The second-order valence-corrected chi connectivity index (χ2v) is 7.94. The number of ether oxygens (including phenoxy) is 3. The number of rotatable bonds is 9. The molecule has 8 nitrogen and oxygen atoms in total. The number of carbonyl (C=O) groups excluding carboxylic acids is 2. The number of hydrogen-bond donors (Lipinski definition) is 1. The van der Waals surface area contributed by atoms with Crippen LogP contribution in [0.4, 0.5) is 5.69 Å². The molecule has 0 bridgehead atoms. The van der Waals surface area contributed by atoms with E-state index in [0.29, 0.717) is 30.3 Å². The molecule has 0 spiro atoms. The van der Waals surface area contributed by atoms with Gasteiger partial charge in [-0.05, 0) is 43.9 Å². The van der Waals surface area contributed by atoms with E-state index in [1.54, 1.807) is 44.4 Å². The fourth-order valence-corrected chi connectivity index (χ4v) is 3.91. The van der Waals surface area contributed by atoms with Gasteiger partial charge in [-0.15, -0.1) is 0 Å². The van der Waals surface area contributed by atoms with Gasteiger partial charge in [-0.25, -0.2) is 0 Å². The van der Waals surface area contributed by atoms with Gasteiger partial charge in [0.2, 0.25) is 11.8 Å². The summed E-state index contributed by atoms with van der Waals surface area (Å²) in [4.78, 5) is 29.3. The van der Waals surface area contributed by atoms with Gasteiger partial charge in [0, 0.05) is 25.6 Å². The number of methoxy groups -OCH3 is 3. The number of nitrogens with zero attached hydrogens (tertiary/aromatic N) is 2. The minimum atomic E-state index is -0.438. The molecule has 2 aromatic carbocycles. The number of nitrogens with one attached hydrogen (secondary N) is 1. The van der Waals surface area contributed by atoms with Gasteiger partial charge in [-0.2, -0.15) is 0 Å². The number of anilines is 1. The first kappa shape index (κ1) is 23.4. The average Bonchev–Trinajstić information content (AvgIpc) is 3.20. The Morgan fingerprint density at radius 2 is 1.81 bits per heavy atom. The topological polar surface area (TPSA) is 80.3 Å². The molecule has 2 atom stereocenters. The summed E-state index contributed by atoms with van der Waals surface area (Å²) in [6.45, 7) is 0.714. The molecule has 1 fully saturated rings. The Hall–Kier alpha value is -3.26. The van der Waals surface area contributed by atoms with Crippen LogP contribution in [0, 0.1) is 5.92 Å². The average molecular weight is 442 g/mol. The minimum Gasteiger partial charge on any atom is -0.497 e. The largest absolute Gasteiger partial charge is 0.497 e. The fourth-order valence-electron chi connectivity index (χ4n) is 3.91. The van der Waals surface area contributed by atoms with Crippen molar-refractivity contribution >= 4 is 17.5 Å². The third-order valence-corrected chi connectivity index (χ3v) is 5.74. The second kappa shape index (κ2) is 10.4. The quantitative estimate of drug-likeness (QED) is 0.644. The first-order valence-corrected chi connectivity index (χ1v) is 10.5. The van der Waals surface area contributed by atoms with Crippen molar-refractivity contribution in [1.82, 2.24) is 10.2 Å². The molecular formula is C24H31N3O5. The Morgan fingerprint density at radius 3 is 2.47 bits per heavy atom. The molecule has 2 aromatic rings. The number of likely N-dealkylation sites (N-methyl/N-ethyl adjacent to an activating group) is 1. The van der Waals surface area contributed by atoms with Crippen molar-refractivity contribution < 1.29 is 23.8 Å². The van der Waals surface area contributed by atoms with Crippen LogP contribution in [-0.2, 0) is 9.59 Å². The van der Waals surface area contributed by atoms with Crippen LogP contribution in [-0.4, -0.2) is 65.2 Å². The van der Waals surface area contributed by atoms with E-state index in [9.17, 15) is 9.59 Å². The number of amides is 2. The highest BCUT2D eigenvalue weighted by molar-refractivity contribution is 6.01. The van der Waals surface area contributed by atoms with Crippen LogP contribution in [0.1, 0.15) is 18.0 Å². The maximum absolute atomic E-state index is 12.9. The van der Waals surface area contributed by atoms with Crippen LogP contribution in [0.15, 0.2) is 42.5 Å². The maximum atomic E-state index is 12.9. The zero-order chi connectivity index (χ0) is 23.3. The van der Waals surface area contributed by atoms with Gasteiger partial charge in [0.15, 0.2) is 0 Å². The Kier molecular flexibility index (Phi) is 7.58. The fraction of sp³-hybridized carbons (Fsp3) is 0.417. The number of benzene rings is 2. The van der Waals surface area contributed by atoms with Crippen molar-refractivity contribution in [2.24, 2.45) is 5.92 Å². The number of hydrogen-bond acceptors (Lipinski definition) is 6. The first-order chi connectivity index (χ1) is 15.4.